The number of carbonyl (C=O) groups is 2. The van der Waals surface area contributed by atoms with Crippen LogP contribution < -0.4 is 5.32 Å². The van der Waals surface area contributed by atoms with Gasteiger partial charge < -0.3 is 5.32 Å². The van der Waals surface area contributed by atoms with Crippen molar-refractivity contribution in [3.05, 3.63) is 99.5 Å². The molecule has 0 saturated carbocycles. The van der Waals surface area contributed by atoms with Crippen molar-refractivity contribution in [2.75, 3.05) is 5.32 Å². The fraction of sp³-hybridized carbons (Fsp3) is 0. The highest BCUT2D eigenvalue weighted by atomic mass is 35.5. The van der Waals surface area contributed by atoms with Crippen LogP contribution in [0.2, 0.25) is 10.0 Å². The lowest BCUT2D eigenvalue weighted by atomic mass is 10.0. The Balaban J connectivity index is 1.91. The molecular weight excluding hydrogens is 357 g/mol. The first-order chi connectivity index (χ1) is 12.0. The van der Waals surface area contributed by atoms with Crippen LogP contribution in [0.4, 0.5) is 5.69 Å². The van der Waals surface area contributed by atoms with Gasteiger partial charge in [0, 0.05) is 26.7 Å². The van der Waals surface area contributed by atoms with Gasteiger partial charge in [0.25, 0.3) is 5.91 Å². The van der Waals surface area contributed by atoms with Gasteiger partial charge in [0.1, 0.15) is 0 Å². The van der Waals surface area contributed by atoms with E-state index in [-0.39, 0.29) is 5.78 Å². The van der Waals surface area contributed by atoms with E-state index in [1.54, 1.807) is 54.6 Å². The van der Waals surface area contributed by atoms with E-state index in [0.29, 0.717) is 32.4 Å². The highest BCUT2D eigenvalue weighted by Crippen LogP contribution is 2.23. The van der Waals surface area contributed by atoms with Crippen molar-refractivity contribution in [3.63, 3.8) is 0 Å². The van der Waals surface area contributed by atoms with E-state index in [2.05, 4.69) is 5.32 Å². The van der Waals surface area contributed by atoms with Gasteiger partial charge in [-0.2, -0.15) is 0 Å². The van der Waals surface area contributed by atoms with Crippen LogP contribution in [0, 0.1) is 0 Å². The van der Waals surface area contributed by atoms with Gasteiger partial charge in [0.05, 0.1) is 5.69 Å². The van der Waals surface area contributed by atoms with E-state index in [1.807, 2.05) is 6.07 Å². The summed E-state index contributed by atoms with van der Waals surface area (Å²) in [6.45, 7) is 0. The molecule has 0 aliphatic carbocycles. The first-order valence-electron chi connectivity index (χ1n) is 7.51. The molecule has 0 aliphatic heterocycles. The van der Waals surface area contributed by atoms with Crippen molar-refractivity contribution in [3.8, 4) is 0 Å². The van der Waals surface area contributed by atoms with E-state index in [9.17, 15) is 9.59 Å². The van der Waals surface area contributed by atoms with E-state index in [1.165, 1.54) is 12.1 Å². The minimum atomic E-state index is -0.391. The Hall–Kier alpha value is -2.62. The van der Waals surface area contributed by atoms with Crippen LogP contribution in [0.25, 0.3) is 0 Å². The van der Waals surface area contributed by atoms with Crippen molar-refractivity contribution in [1.29, 1.82) is 0 Å². The molecule has 3 nitrogen and oxygen atoms in total. The van der Waals surface area contributed by atoms with Crippen molar-refractivity contribution in [2.24, 2.45) is 0 Å². The molecule has 0 unspecified atom stereocenters. The highest BCUT2D eigenvalue weighted by Gasteiger charge is 2.16. The lowest BCUT2D eigenvalue weighted by Gasteiger charge is -2.11. The fourth-order valence-corrected chi connectivity index (χ4v) is 2.94. The molecule has 0 aromatic heterocycles. The third kappa shape index (κ3) is 4.08. The Kier molecular flexibility index (Phi) is 5.17. The Bertz CT molecular complexity index is 919. The third-order valence-electron chi connectivity index (χ3n) is 3.58. The number of nitrogens with one attached hydrogen (secondary N) is 1. The topological polar surface area (TPSA) is 46.2 Å². The van der Waals surface area contributed by atoms with Crippen LogP contribution in [0.15, 0.2) is 72.8 Å². The zero-order valence-electron chi connectivity index (χ0n) is 13.0. The van der Waals surface area contributed by atoms with E-state index >= 15 is 0 Å². The second-order valence-corrected chi connectivity index (χ2v) is 6.23. The molecular formula is C20H13Cl2NO2. The molecule has 0 radical (unpaired) electrons. The maximum atomic E-state index is 12.7. The Labute approximate surface area is 155 Å². The average molecular weight is 370 g/mol. The molecule has 0 bridgehead atoms. The molecule has 3 aromatic rings. The summed E-state index contributed by atoms with van der Waals surface area (Å²) >= 11 is 11.9. The van der Waals surface area contributed by atoms with Crippen molar-refractivity contribution >= 4 is 40.6 Å². The highest BCUT2D eigenvalue weighted by molar-refractivity contribution is 6.35. The smallest absolute Gasteiger partial charge is 0.255 e. The minimum absolute atomic E-state index is 0.166. The zero-order chi connectivity index (χ0) is 17.8. The number of hydrogen-bond acceptors (Lipinski definition) is 2. The first kappa shape index (κ1) is 17.2. The van der Waals surface area contributed by atoms with E-state index < -0.39 is 5.91 Å². The van der Waals surface area contributed by atoms with E-state index in [4.69, 9.17) is 23.2 Å². The molecule has 3 rings (SSSR count). The molecule has 0 aliphatic rings. The van der Waals surface area contributed by atoms with Gasteiger partial charge in [0.15, 0.2) is 5.78 Å². The predicted octanol–water partition coefficient (Wildman–Crippen LogP) is 5.48. The summed E-state index contributed by atoms with van der Waals surface area (Å²) in [5.74, 6) is -0.557. The maximum absolute atomic E-state index is 12.7. The van der Waals surface area contributed by atoms with Gasteiger partial charge in [-0.3, -0.25) is 9.59 Å². The number of rotatable bonds is 4. The van der Waals surface area contributed by atoms with Crippen molar-refractivity contribution in [2.45, 2.75) is 0 Å². The number of anilines is 1. The van der Waals surface area contributed by atoms with Crippen LogP contribution >= 0.6 is 23.2 Å². The molecule has 1 N–H and O–H groups in total. The fourth-order valence-electron chi connectivity index (χ4n) is 2.41. The molecule has 124 valence electrons. The predicted molar refractivity (Wildman–Crippen MR) is 101 cm³/mol. The number of ketones is 1. The van der Waals surface area contributed by atoms with Crippen LogP contribution in [0.3, 0.4) is 0 Å². The number of amides is 1. The molecule has 1 amide bonds. The summed E-state index contributed by atoms with van der Waals surface area (Å²) in [5, 5.41) is 3.49. The van der Waals surface area contributed by atoms with Gasteiger partial charge in [0.2, 0.25) is 0 Å². The molecule has 25 heavy (non-hydrogen) atoms. The summed E-state index contributed by atoms with van der Waals surface area (Å²) in [5.41, 5.74) is 1.71. The van der Waals surface area contributed by atoms with Gasteiger partial charge >= 0.3 is 0 Å². The number of carbonyl (C=O) groups excluding carboxylic acids is 2. The largest absolute Gasteiger partial charge is 0.321 e. The number of hydrogen-bond donors (Lipinski definition) is 1. The maximum Gasteiger partial charge on any atom is 0.255 e. The average Bonchev–Trinajstić information content (AvgIpc) is 2.61. The van der Waals surface area contributed by atoms with Crippen LogP contribution in [0.5, 0.6) is 0 Å². The van der Waals surface area contributed by atoms with Crippen LogP contribution in [-0.2, 0) is 0 Å². The normalized spacial score (nSPS) is 10.3. The zero-order valence-corrected chi connectivity index (χ0v) is 14.5. The van der Waals surface area contributed by atoms with Gasteiger partial charge in [-0.05, 0) is 30.3 Å². The summed E-state index contributed by atoms with van der Waals surface area (Å²) < 4.78 is 0. The summed E-state index contributed by atoms with van der Waals surface area (Å²) in [4.78, 5) is 25.2. The van der Waals surface area contributed by atoms with Crippen LogP contribution in [0.1, 0.15) is 26.3 Å². The standard InChI is InChI=1S/C20H13Cl2NO2/c21-15-10-14(11-16(22)12-15)20(25)23-18-9-5-4-8-17(18)19(24)13-6-2-1-3-7-13/h1-12H,(H,23,25). The minimum Gasteiger partial charge on any atom is -0.321 e. The Morgan fingerprint density at radius 3 is 2.00 bits per heavy atom. The quantitative estimate of drug-likeness (QED) is 0.619. The Morgan fingerprint density at radius 1 is 0.720 bits per heavy atom. The number of benzene rings is 3. The first-order valence-corrected chi connectivity index (χ1v) is 8.26. The van der Waals surface area contributed by atoms with Crippen molar-refractivity contribution in [1.82, 2.24) is 0 Å². The summed E-state index contributed by atoms with van der Waals surface area (Å²) in [7, 11) is 0. The number of halogens is 2. The lowest BCUT2D eigenvalue weighted by Crippen LogP contribution is -2.15. The SMILES string of the molecule is O=C(Nc1ccccc1C(=O)c1ccccc1)c1cc(Cl)cc(Cl)c1. The van der Waals surface area contributed by atoms with Gasteiger partial charge in [-0.1, -0.05) is 65.7 Å². The number of para-hydroxylation sites is 1. The molecule has 5 heteroatoms. The third-order valence-corrected chi connectivity index (χ3v) is 4.02. The molecule has 0 atom stereocenters. The molecule has 0 fully saturated rings. The van der Waals surface area contributed by atoms with E-state index in [0.717, 1.165) is 0 Å². The van der Waals surface area contributed by atoms with Crippen LogP contribution in [-0.4, -0.2) is 11.7 Å². The van der Waals surface area contributed by atoms with Gasteiger partial charge in [-0.15, -0.1) is 0 Å². The second-order valence-electron chi connectivity index (χ2n) is 5.35. The lowest BCUT2D eigenvalue weighted by molar-refractivity contribution is 0.102. The monoisotopic (exact) mass is 369 g/mol. The summed E-state index contributed by atoms with van der Waals surface area (Å²) in [6, 6.07) is 20.3. The summed E-state index contributed by atoms with van der Waals surface area (Å²) in [6.07, 6.45) is 0. The molecule has 0 spiro atoms. The molecule has 3 aromatic carbocycles. The van der Waals surface area contributed by atoms with Crippen molar-refractivity contribution < 1.29 is 9.59 Å². The molecule has 0 saturated heterocycles. The Morgan fingerprint density at radius 2 is 1.32 bits per heavy atom. The van der Waals surface area contributed by atoms with Gasteiger partial charge in [-0.25, -0.2) is 0 Å². The molecule has 0 heterocycles. The second kappa shape index (κ2) is 7.51.